The van der Waals surface area contributed by atoms with Gasteiger partial charge in [-0.15, -0.1) is 39.4 Å². The Morgan fingerprint density at radius 1 is 1.32 bits per heavy atom. The van der Waals surface area contributed by atoms with E-state index < -0.39 is 0 Å². The highest BCUT2D eigenvalue weighted by Crippen LogP contribution is 2.37. The first-order valence-electron chi connectivity index (χ1n) is 11.7. The Kier molecular flexibility index (Phi) is 8.24. The summed E-state index contributed by atoms with van der Waals surface area (Å²) in [6.07, 6.45) is 9.36. The molecule has 0 saturated heterocycles. The van der Waals surface area contributed by atoms with E-state index in [9.17, 15) is 10.1 Å². The molecule has 0 bridgehead atoms. The summed E-state index contributed by atoms with van der Waals surface area (Å²) in [5, 5.41) is 25.1. The minimum Gasteiger partial charge on any atom is -0.316 e. The number of rotatable bonds is 8. The van der Waals surface area contributed by atoms with E-state index in [2.05, 4.69) is 47.4 Å². The molecule has 34 heavy (non-hydrogen) atoms. The van der Waals surface area contributed by atoms with E-state index in [0.717, 1.165) is 49.1 Å². The number of anilines is 1. The summed E-state index contributed by atoms with van der Waals surface area (Å²) in [6, 6.07) is 2.34. The van der Waals surface area contributed by atoms with Crippen LogP contribution in [-0.4, -0.2) is 26.4 Å². The average Bonchev–Trinajstić information content (AvgIpc) is 3.47. The lowest BCUT2D eigenvalue weighted by Gasteiger charge is -2.09. The van der Waals surface area contributed by atoms with E-state index in [1.54, 1.807) is 22.7 Å². The molecule has 1 aliphatic carbocycles. The molecule has 0 aromatic carbocycles. The monoisotopic (exact) mass is 511 g/mol. The van der Waals surface area contributed by atoms with Gasteiger partial charge in [-0.3, -0.25) is 9.36 Å². The summed E-state index contributed by atoms with van der Waals surface area (Å²) in [6.45, 7) is 8.73. The van der Waals surface area contributed by atoms with Crippen LogP contribution < -0.4 is 5.32 Å². The molecule has 0 radical (unpaired) electrons. The van der Waals surface area contributed by atoms with Gasteiger partial charge in [0, 0.05) is 27.2 Å². The van der Waals surface area contributed by atoms with Gasteiger partial charge in [-0.25, -0.2) is 0 Å². The van der Waals surface area contributed by atoms with Crippen molar-refractivity contribution in [2.45, 2.75) is 70.5 Å². The molecule has 0 aliphatic heterocycles. The quantitative estimate of drug-likeness (QED) is 0.280. The van der Waals surface area contributed by atoms with Gasteiger partial charge in [0.15, 0.2) is 11.0 Å². The second-order valence-corrected chi connectivity index (χ2v) is 11.4. The number of aryl methyl sites for hydroxylation is 2. The van der Waals surface area contributed by atoms with E-state index in [-0.39, 0.29) is 11.7 Å². The van der Waals surface area contributed by atoms with Crippen molar-refractivity contribution < 1.29 is 4.79 Å². The third kappa shape index (κ3) is 5.14. The molecular formula is C25H29N5OS3. The molecule has 4 rings (SSSR count). The molecule has 6 nitrogen and oxygen atoms in total. The first-order valence-corrected chi connectivity index (χ1v) is 14.3. The third-order valence-corrected chi connectivity index (χ3v) is 9.22. The number of fused-ring (bicyclic) bond motifs is 1. The Balaban J connectivity index is 1.50. The van der Waals surface area contributed by atoms with Gasteiger partial charge in [0.05, 0.1) is 11.3 Å². The minimum absolute atomic E-state index is 0.133. The second-order valence-electron chi connectivity index (χ2n) is 8.31. The summed E-state index contributed by atoms with van der Waals surface area (Å²) in [4.78, 5) is 15.4. The van der Waals surface area contributed by atoms with Gasteiger partial charge in [0.25, 0.3) is 0 Å². The Bertz CT molecular complexity index is 1230. The Morgan fingerprint density at radius 2 is 2.12 bits per heavy atom. The standard InChI is InChI=1S/C25H29N5OS3/c1-4-12-30-23(20-14-32-16(3)17(20)5-2)28-29-25(30)33-15-22(31)27-24-19(13-26)18-10-8-6-7-9-11-21(18)34-24/h4,14H,1,5-12,15H2,2-3H3,(H,27,31). The van der Waals surface area contributed by atoms with Crippen LogP contribution in [0.3, 0.4) is 0 Å². The third-order valence-electron chi connectivity index (χ3n) is 6.10. The molecule has 0 spiro atoms. The molecule has 3 aromatic heterocycles. The zero-order chi connectivity index (χ0) is 24.1. The number of thiophene rings is 2. The van der Waals surface area contributed by atoms with Crippen molar-refractivity contribution in [2.75, 3.05) is 11.1 Å². The van der Waals surface area contributed by atoms with Gasteiger partial charge >= 0.3 is 0 Å². The lowest BCUT2D eigenvalue weighted by molar-refractivity contribution is -0.113. The molecule has 0 atom stereocenters. The summed E-state index contributed by atoms with van der Waals surface area (Å²) in [7, 11) is 0. The van der Waals surface area contributed by atoms with Crippen LogP contribution in [-0.2, 0) is 30.6 Å². The molecular weight excluding hydrogens is 483 g/mol. The van der Waals surface area contributed by atoms with Crippen molar-refractivity contribution in [3.05, 3.63) is 44.5 Å². The van der Waals surface area contributed by atoms with E-state index in [1.807, 2.05) is 10.6 Å². The summed E-state index contributed by atoms with van der Waals surface area (Å²) in [5.74, 6) is 0.881. The van der Waals surface area contributed by atoms with Crippen LogP contribution in [0.4, 0.5) is 5.00 Å². The Morgan fingerprint density at radius 3 is 2.85 bits per heavy atom. The van der Waals surface area contributed by atoms with E-state index in [4.69, 9.17) is 0 Å². The zero-order valence-corrected chi connectivity index (χ0v) is 22.1. The summed E-state index contributed by atoms with van der Waals surface area (Å²) < 4.78 is 2.02. The van der Waals surface area contributed by atoms with Gasteiger partial charge in [-0.1, -0.05) is 37.6 Å². The maximum Gasteiger partial charge on any atom is 0.235 e. The fourth-order valence-electron chi connectivity index (χ4n) is 4.41. The van der Waals surface area contributed by atoms with Crippen molar-refractivity contribution in [3.8, 4) is 17.5 Å². The minimum atomic E-state index is -0.133. The number of allylic oxidation sites excluding steroid dienone is 1. The largest absolute Gasteiger partial charge is 0.316 e. The van der Waals surface area contributed by atoms with Gasteiger partial charge < -0.3 is 5.32 Å². The SMILES string of the molecule is C=CCn1c(SCC(=O)Nc2sc3c(c2C#N)CCCCCC3)nnc1-c1csc(C)c1CC. The number of thioether (sulfide) groups is 1. The smallest absolute Gasteiger partial charge is 0.235 e. The first kappa shape index (κ1) is 24.7. The molecule has 0 unspecified atom stereocenters. The molecule has 9 heteroatoms. The summed E-state index contributed by atoms with van der Waals surface area (Å²) >= 11 is 4.65. The molecule has 1 amide bonds. The van der Waals surface area contributed by atoms with Crippen molar-refractivity contribution in [3.63, 3.8) is 0 Å². The predicted molar refractivity (Wildman–Crippen MR) is 142 cm³/mol. The topological polar surface area (TPSA) is 83.6 Å². The molecule has 0 saturated carbocycles. The van der Waals surface area contributed by atoms with Gasteiger partial charge in [-0.05, 0) is 50.2 Å². The number of nitriles is 1. The second kappa shape index (κ2) is 11.3. The molecule has 178 valence electrons. The van der Waals surface area contributed by atoms with Crippen molar-refractivity contribution in [1.82, 2.24) is 14.8 Å². The normalized spacial score (nSPS) is 13.6. The maximum atomic E-state index is 12.8. The van der Waals surface area contributed by atoms with Crippen LogP contribution in [0.5, 0.6) is 0 Å². The molecule has 3 heterocycles. The first-order chi connectivity index (χ1) is 16.6. The lowest BCUT2D eigenvalue weighted by Crippen LogP contribution is -2.14. The molecule has 0 fully saturated rings. The van der Waals surface area contributed by atoms with Crippen LogP contribution in [0, 0.1) is 18.3 Å². The molecule has 3 aromatic rings. The van der Waals surface area contributed by atoms with E-state index >= 15 is 0 Å². The highest BCUT2D eigenvalue weighted by Gasteiger charge is 2.22. The Labute approximate surface area is 213 Å². The number of hydrogen-bond acceptors (Lipinski definition) is 7. The number of carbonyl (C=O) groups is 1. The number of carbonyl (C=O) groups excluding carboxylic acids is 1. The van der Waals surface area contributed by atoms with Crippen molar-refractivity contribution in [1.29, 1.82) is 5.26 Å². The zero-order valence-electron chi connectivity index (χ0n) is 19.6. The maximum absolute atomic E-state index is 12.8. The van der Waals surface area contributed by atoms with Gasteiger partial charge in [0.2, 0.25) is 5.91 Å². The molecule has 1 N–H and O–H groups in total. The number of amides is 1. The van der Waals surface area contributed by atoms with Crippen LogP contribution in [0.2, 0.25) is 0 Å². The highest BCUT2D eigenvalue weighted by molar-refractivity contribution is 7.99. The van der Waals surface area contributed by atoms with Crippen LogP contribution in [0.1, 0.15) is 59.1 Å². The number of nitrogens with one attached hydrogen (secondary N) is 1. The fourth-order valence-corrected chi connectivity index (χ4v) is 7.36. The van der Waals surface area contributed by atoms with Crippen LogP contribution in [0.15, 0.2) is 23.2 Å². The average molecular weight is 512 g/mol. The van der Waals surface area contributed by atoms with Gasteiger partial charge in [-0.2, -0.15) is 5.26 Å². The highest BCUT2D eigenvalue weighted by atomic mass is 32.2. The van der Waals surface area contributed by atoms with E-state index in [1.165, 1.54) is 39.9 Å². The number of hydrogen-bond donors (Lipinski definition) is 1. The predicted octanol–water partition coefficient (Wildman–Crippen LogP) is 6.39. The van der Waals surface area contributed by atoms with Crippen molar-refractivity contribution in [2.24, 2.45) is 0 Å². The Hall–Kier alpha value is -2.41. The van der Waals surface area contributed by atoms with Crippen LogP contribution >= 0.6 is 34.4 Å². The molecule has 1 aliphatic rings. The number of aromatic nitrogens is 3. The summed E-state index contributed by atoms with van der Waals surface area (Å²) in [5.41, 5.74) is 4.18. The lowest BCUT2D eigenvalue weighted by atomic mass is 9.97. The van der Waals surface area contributed by atoms with Crippen molar-refractivity contribution >= 4 is 45.3 Å². The van der Waals surface area contributed by atoms with E-state index in [0.29, 0.717) is 22.3 Å². The fraction of sp³-hybridized carbons (Fsp3) is 0.440. The number of nitrogens with zero attached hydrogens (tertiary/aromatic N) is 4. The van der Waals surface area contributed by atoms with Crippen LogP contribution in [0.25, 0.3) is 11.4 Å². The van der Waals surface area contributed by atoms with Gasteiger partial charge in [0.1, 0.15) is 11.1 Å².